The van der Waals surface area contributed by atoms with Crippen molar-refractivity contribution in [3.05, 3.63) is 65.2 Å². The highest BCUT2D eigenvalue weighted by molar-refractivity contribution is 6.00. The molecule has 0 spiro atoms. The SMILES string of the molecule is NC(=O)c1cccc2c1CCCN2C(=O)COCCc1ccccc1. The predicted molar refractivity (Wildman–Crippen MR) is 96.6 cm³/mol. The molecular formula is C20H22N2O3. The Hall–Kier alpha value is -2.66. The lowest BCUT2D eigenvalue weighted by molar-refractivity contribution is -0.123. The van der Waals surface area contributed by atoms with Gasteiger partial charge in [-0.05, 0) is 42.5 Å². The average Bonchev–Trinajstić information content (AvgIpc) is 2.64. The van der Waals surface area contributed by atoms with Gasteiger partial charge >= 0.3 is 0 Å². The molecule has 0 atom stereocenters. The summed E-state index contributed by atoms with van der Waals surface area (Å²) in [6.45, 7) is 1.17. The van der Waals surface area contributed by atoms with E-state index in [1.165, 1.54) is 5.56 Å². The molecule has 0 saturated heterocycles. The lowest BCUT2D eigenvalue weighted by Gasteiger charge is -2.30. The fourth-order valence-electron chi connectivity index (χ4n) is 3.19. The van der Waals surface area contributed by atoms with E-state index < -0.39 is 5.91 Å². The second kappa shape index (κ2) is 7.94. The molecule has 0 aliphatic carbocycles. The molecule has 2 amide bonds. The first-order valence-corrected chi connectivity index (χ1v) is 8.50. The summed E-state index contributed by atoms with van der Waals surface area (Å²) in [6.07, 6.45) is 2.34. The van der Waals surface area contributed by atoms with Crippen LogP contribution in [-0.2, 0) is 22.4 Å². The van der Waals surface area contributed by atoms with E-state index in [9.17, 15) is 9.59 Å². The van der Waals surface area contributed by atoms with Crippen molar-refractivity contribution in [2.45, 2.75) is 19.3 Å². The number of rotatable bonds is 6. The largest absolute Gasteiger partial charge is 0.371 e. The highest BCUT2D eigenvalue weighted by Crippen LogP contribution is 2.29. The lowest BCUT2D eigenvalue weighted by Crippen LogP contribution is -2.38. The van der Waals surface area contributed by atoms with Crippen LogP contribution in [0.25, 0.3) is 0 Å². The van der Waals surface area contributed by atoms with Gasteiger partial charge in [0.05, 0.1) is 6.61 Å². The summed E-state index contributed by atoms with van der Waals surface area (Å²) < 4.78 is 5.56. The van der Waals surface area contributed by atoms with Crippen molar-refractivity contribution in [2.24, 2.45) is 5.73 Å². The van der Waals surface area contributed by atoms with Crippen molar-refractivity contribution < 1.29 is 14.3 Å². The van der Waals surface area contributed by atoms with Crippen molar-refractivity contribution in [1.82, 2.24) is 0 Å². The number of amides is 2. The summed E-state index contributed by atoms with van der Waals surface area (Å²) in [5.74, 6) is -0.541. The normalized spacial score (nSPS) is 13.4. The third kappa shape index (κ3) is 4.06. The zero-order valence-corrected chi connectivity index (χ0v) is 14.1. The maximum atomic E-state index is 12.5. The summed E-state index contributed by atoms with van der Waals surface area (Å²) in [5.41, 5.74) is 8.77. The maximum Gasteiger partial charge on any atom is 0.252 e. The van der Waals surface area contributed by atoms with Gasteiger partial charge in [-0.25, -0.2) is 0 Å². The Bertz CT molecular complexity index is 759. The number of carbonyl (C=O) groups excluding carboxylic acids is 2. The zero-order chi connectivity index (χ0) is 17.6. The Labute approximate surface area is 147 Å². The fourth-order valence-corrected chi connectivity index (χ4v) is 3.19. The highest BCUT2D eigenvalue weighted by atomic mass is 16.5. The third-order valence-electron chi connectivity index (χ3n) is 4.42. The number of nitrogens with zero attached hydrogens (tertiary/aromatic N) is 1. The number of benzene rings is 2. The van der Waals surface area contributed by atoms with Crippen LogP contribution in [-0.4, -0.2) is 31.6 Å². The van der Waals surface area contributed by atoms with E-state index in [-0.39, 0.29) is 12.5 Å². The number of anilines is 1. The Morgan fingerprint density at radius 2 is 1.88 bits per heavy atom. The average molecular weight is 338 g/mol. The highest BCUT2D eigenvalue weighted by Gasteiger charge is 2.25. The van der Waals surface area contributed by atoms with Crippen LogP contribution in [0.5, 0.6) is 0 Å². The molecule has 0 radical (unpaired) electrons. The third-order valence-corrected chi connectivity index (χ3v) is 4.42. The minimum absolute atomic E-state index is 0.0348. The van der Waals surface area contributed by atoms with E-state index in [0.717, 1.165) is 30.5 Å². The van der Waals surface area contributed by atoms with Gasteiger partial charge in [-0.15, -0.1) is 0 Å². The Morgan fingerprint density at radius 1 is 1.08 bits per heavy atom. The van der Waals surface area contributed by atoms with E-state index in [1.54, 1.807) is 17.0 Å². The number of nitrogens with two attached hydrogens (primary N) is 1. The smallest absolute Gasteiger partial charge is 0.252 e. The van der Waals surface area contributed by atoms with Crippen LogP contribution in [0.1, 0.15) is 27.9 Å². The number of primary amides is 1. The summed E-state index contributed by atoms with van der Waals surface area (Å²) >= 11 is 0. The van der Waals surface area contributed by atoms with Crippen molar-refractivity contribution >= 4 is 17.5 Å². The number of hydrogen-bond donors (Lipinski definition) is 1. The molecule has 0 bridgehead atoms. The molecule has 0 unspecified atom stereocenters. The Balaban J connectivity index is 1.60. The quantitative estimate of drug-likeness (QED) is 0.822. The van der Waals surface area contributed by atoms with Gasteiger partial charge in [0.1, 0.15) is 6.61 Å². The lowest BCUT2D eigenvalue weighted by atomic mass is 9.96. The van der Waals surface area contributed by atoms with Gasteiger partial charge in [0.2, 0.25) is 5.91 Å². The molecule has 5 heteroatoms. The topological polar surface area (TPSA) is 72.6 Å². The van der Waals surface area contributed by atoms with Gasteiger partial charge in [0, 0.05) is 17.8 Å². The van der Waals surface area contributed by atoms with Gasteiger partial charge in [-0.3, -0.25) is 9.59 Å². The van der Waals surface area contributed by atoms with Gasteiger partial charge in [0.25, 0.3) is 5.91 Å². The van der Waals surface area contributed by atoms with E-state index in [2.05, 4.69) is 0 Å². The minimum atomic E-state index is -0.453. The van der Waals surface area contributed by atoms with Crippen LogP contribution in [0.2, 0.25) is 0 Å². The fraction of sp³-hybridized carbons (Fsp3) is 0.300. The van der Waals surface area contributed by atoms with E-state index in [4.69, 9.17) is 10.5 Å². The molecule has 3 rings (SSSR count). The molecule has 1 heterocycles. The monoisotopic (exact) mass is 338 g/mol. The predicted octanol–water partition coefficient (Wildman–Crippen LogP) is 2.32. The number of ether oxygens (including phenoxy) is 1. The molecule has 2 aromatic rings. The second-order valence-electron chi connectivity index (χ2n) is 6.10. The van der Waals surface area contributed by atoms with Crippen LogP contribution in [0.15, 0.2) is 48.5 Å². The van der Waals surface area contributed by atoms with Gasteiger partial charge < -0.3 is 15.4 Å². The van der Waals surface area contributed by atoms with Crippen LogP contribution >= 0.6 is 0 Å². The van der Waals surface area contributed by atoms with Crippen LogP contribution < -0.4 is 10.6 Å². The van der Waals surface area contributed by atoms with Crippen molar-refractivity contribution in [2.75, 3.05) is 24.7 Å². The minimum Gasteiger partial charge on any atom is -0.371 e. The molecule has 2 aromatic carbocycles. The van der Waals surface area contributed by atoms with Gasteiger partial charge in [-0.2, -0.15) is 0 Å². The first kappa shape index (κ1) is 17.2. The maximum absolute atomic E-state index is 12.5. The molecule has 1 aliphatic heterocycles. The van der Waals surface area contributed by atoms with Gasteiger partial charge in [0.15, 0.2) is 0 Å². The van der Waals surface area contributed by atoms with Gasteiger partial charge in [-0.1, -0.05) is 36.4 Å². The van der Waals surface area contributed by atoms with E-state index >= 15 is 0 Å². The number of carbonyl (C=O) groups is 2. The van der Waals surface area contributed by atoms with Crippen LogP contribution in [0.4, 0.5) is 5.69 Å². The van der Waals surface area contributed by atoms with Crippen molar-refractivity contribution in [1.29, 1.82) is 0 Å². The molecule has 0 saturated carbocycles. The summed E-state index contributed by atoms with van der Waals surface area (Å²) in [7, 11) is 0. The Kier molecular flexibility index (Phi) is 5.46. The molecule has 25 heavy (non-hydrogen) atoms. The van der Waals surface area contributed by atoms with Crippen LogP contribution in [0.3, 0.4) is 0 Å². The standard InChI is InChI=1S/C20H22N2O3/c21-20(24)17-8-4-10-18-16(17)9-5-12-22(18)19(23)14-25-13-11-15-6-2-1-3-7-15/h1-4,6-8,10H,5,9,11-14H2,(H2,21,24). The second-order valence-corrected chi connectivity index (χ2v) is 6.10. The van der Waals surface area contributed by atoms with E-state index in [1.807, 2.05) is 36.4 Å². The molecule has 0 aromatic heterocycles. The van der Waals surface area contributed by atoms with Crippen molar-refractivity contribution in [3.8, 4) is 0 Å². The summed E-state index contributed by atoms with van der Waals surface area (Å²) in [5, 5.41) is 0. The first-order valence-electron chi connectivity index (χ1n) is 8.50. The first-order chi connectivity index (χ1) is 12.2. The molecular weight excluding hydrogens is 316 g/mol. The molecule has 5 nitrogen and oxygen atoms in total. The zero-order valence-electron chi connectivity index (χ0n) is 14.1. The van der Waals surface area contributed by atoms with Crippen LogP contribution in [0, 0.1) is 0 Å². The van der Waals surface area contributed by atoms with E-state index in [0.29, 0.717) is 18.7 Å². The van der Waals surface area contributed by atoms with Crippen molar-refractivity contribution in [3.63, 3.8) is 0 Å². The summed E-state index contributed by atoms with van der Waals surface area (Å²) in [4.78, 5) is 25.8. The summed E-state index contributed by atoms with van der Waals surface area (Å²) in [6, 6.07) is 15.4. The number of fused-ring (bicyclic) bond motifs is 1. The molecule has 130 valence electrons. The molecule has 0 fully saturated rings. The molecule has 1 aliphatic rings. The Morgan fingerprint density at radius 3 is 2.64 bits per heavy atom. The molecule has 2 N–H and O–H groups in total. The number of hydrogen-bond acceptors (Lipinski definition) is 3.